The smallest absolute Gasteiger partial charge is 0.144 e. The molecule has 0 amide bonds. The molecular weight excluding hydrogens is 324 g/mol. The number of rotatable bonds is 5. The molecule has 1 aliphatic carbocycles. The molecule has 26 heavy (non-hydrogen) atoms. The first kappa shape index (κ1) is 16.6. The molecule has 134 valence electrons. The second-order valence-electron chi connectivity index (χ2n) is 6.93. The lowest BCUT2D eigenvalue weighted by Crippen LogP contribution is -2.12. The average molecular weight is 348 g/mol. The van der Waals surface area contributed by atoms with Crippen LogP contribution < -0.4 is 15.8 Å². The highest BCUT2D eigenvalue weighted by atomic mass is 16.5. The van der Waals surface area contributed by atoms with Gasteiger partial charge in [-0.15, -0.1) is 0 Å². The quantitative estimate of drug-likeness (QED) is 0.654. The molecule has 3 N–H and O–H groups in total. The molecule has 0 radical (unpaired) electrons. The number of aromatic nitrogens is 2. The Morgan fingerprint density at radius 2 is 1.88 bits per heavy atom. The summed E-state index contributed by atoms with van der Waals surface area (Å²) >= 11 is 0. The predicted molar refractivity (Wildman–Crippen MR) is 105 cm³/mol. The normalized spacial score (nSPS) is 15.9. The fourth-order valence-electron chi connectivity index (χ4n) is 3.53. The third-order valence-electron chi connectivity index (χ3n) is 5.02. The summed E-state index contributed by atoms with van der Waals surface area (Å²) in [6.07, 6.45) is 6.51. The van der Waals surface area contributed by atoms with Gasteiger partial charge in [-0.2, -0.15) is 0 Å². The topological polar surface area (TPSA) is 73.1 Å². The zero-order chi connectivity index (χ0) is 17.9. The summed E-state index contributed by atoms with van der Waals surface area (Å²) in [5.41, 5.74) is 8.94. The van der Waals surface area contributed by atoms with Crippen molar-refractivity contribution >= 4 is 22.4 Å². The molecule has 0 aliphatic heterocycles. The van der Waals surface area contributed by atoms with E-state index in [0.717, 1.165) is 35.3 Å². The standard InChI is InChI=1S/C21H24N4O/c1-14(15-7-3-2-4-8-15)25-21-17-11-18(22)20(12-19(17)23-13-24-21)26-16-9-5-6-10-16/h2-4,7-8,11-14,16H,5-6,9-10,22H2,1H3,(H,23,24,25). The van der Waals surface area contributed by atoms with Crippen molar-refractivity contribution in [2.45, 2.75) is 44.8 Å². The Morgan fingerprint density at radius 1 is 1.12 bits per heavy atom. The highest BCUT2D eigenvalue weighted by molar-refractivity contribution is 5.93. The minimum absolute atomic E-state index is 0.130. The summed E-state index contributed by atoms with van der Waals surface area (Å²) in [5.74, 6) is 1.51. The molecule has 4 rings (SSSR count). The van der Waals surface area contributed by atoms with Gasteiger partial charge in [-0.25, -0.2) is 9.97 Å². The van der Waals surface area contributed by atoms with E-state index in [1.165, 1.54) is 18.4 Å². The van der Waals surface area contributed by atoms with Crippen LogP contribution in [0.3, 0.4) is 0 Å². The highest BCUT2D eigenvalue weighted by Crippen LogP contribution is 2.34. The molecular formula is C21H24N4O. The van der Waals surface area contributed by atoms with Gasteiger partial charge in [0.05, 0.1) is 17.3 Å². The molecule has 0 spiro atoms. The molecule has 1 atom stereocenters. The molecule has 2 aromatic carbocycles. The van der Waals surface area contributed by atoms with Gasteiger partial charge in [-0.3, -0.25) is 0 Å². The minimum Gasteiger partial charge on any atom is -0.488 e. The van der Waals surface area contributed by atoms with Gasteiger partial charge in [0.15, 0.2) is 0 Å². The van der Waals surface area contributed by atoms with E-state index >= 15 is 0 Å². The van der Waals surface area contributed by atoms with E-state index in [9.17, 15) is 0 Å². The Balaban J connectivity index is 1.62. The number of ether oxygens (including phenoxy) is 1. The summed E-state index contributed by atoms with van der Waals surface area (Å²) in [6, 6.07) is 14.3. The molecule has 1 fully saturated rings. The highest BCUT2D eigenvalue weighted by Gasteiger charge is 2.19. The van der Waals surface area contributed by atoms with Crippen molar-refractivity contribution in [3.05, 3.63) is 54.4 Å². The van der Waals surface area contributed by atoms with Gasteiger partial charge < -0.3 is 15.8 Å². The fraction of sp³-hybridized carbons (Fsp3) is 0.333. The molecule has 1 aromatic heterocycles. The van der Waals surface area contributed by atoms with Crippen molar-refractivity contribution in [1.29, 1.82) is 0 Å². The fourth-order valence-corrected chi connectivity index (χ4v) is 3.53. The molecule has 0 bridgehead atoms. The van der Waals surface area contributed by atoms with Crippen LogP contribution in [0.1, 0.15) is 44.2 Å². The molecule has 1 aliphatic rings. The van der Waals surface area contributed by atoms with Crippen LogP contribution in [-0.4, -0.2) is 16.1 Å². The van der Waals surface area contributed by atoms with Crippen molar-refractivity contribution in [2.24, 2.45) is 0 Å². The predicted octanol–water partition coefficient (Wildman–Crippen LogP) is 4.71. The van der Waals surface area contributed by atoms with Crippen molar-refractivity contribution < 1.29 is 4.74 Å². The Morgan fingerprint density at radius 3 is 2.65 bits per heavy atom. The van der Waals surface area contributed by atoms with E-state index in [2.05, 4.69) is 34.3 Å². The second kappa shape index (κ2) is 7.20. The van der Waals surface area contributed by atoms with Crippen LogP contribution in [0.15, 0.2) is 48.8 Å². The van der Waals surface area contributed by atoms with Crippen LogP contribution >= 0.6 is 0 Å². The number of nitrogens with zero attached hydrogens (tertiary/aromatic N) is 2. The number of nitrogens with two attached hydrogens (primary N) is 1. The summed E-state index contributed by atoms with van der Waals surface area (Å²) in [7, 11) is 0. The third-order valence-corrected chi connectivity index (χ3v) is 5.02. The molecule has 3 aromatic rings. The van der Waals surface area contributed by atoms with Gasteiger partial charge in [-0.1, -0.05) is 30.3 Å². The summed E-state index contributed by atoms with van der Waals surface area (Å²) in [4.78, 5) is 8.84. The lowest BCUT2D eigenvalue weighted by Gasteiger charge is -2.18. The number of nitrogens with one attached hydrogen (secondary N) is 1. The van der Waals surface area contributed by atoms with E-state index in [1.54, 1.807) is 6.33 Å². The monoisotopic (exact) mass is 348 g/mol. The summed E-state index contributed by atoms with van der Waals surface area (Å²) in [6.45, 7) is 2.12. The number of hydrogen-bond donors (Lipinski definition) is 2. The molecule has 1 unspecified atom stereocenters. The van der Waals surface area contributed by atoms with Gasteiger partial charge in [0.1, 0.15) is 17.9 Å². The zero-order valence-corrected chi connectivity index (χ0v) is 15.0. The lowest BCUT2D eigenvalue weighted by molar-refractivity contribution is 0.211. The van der Waals surface area contributed by atoms with Gasteiger partial charge in [0, 0.05) is 17.5 Å². The summed E-state index contributed by atoms with van der Waals surface area (Å²) < 4.78 is 6.10. The molecule has 0 saturated heterocycles. The van der Waals surface area contributed by atoms with Crippen molar-refractivity contribution in [2.75, 3.05) is 11.1 Å². The van der Waals surface area contributed by atoms with Crippen LogP contribution in [0.4, 0.5) is 11.5 Å². The third kappa shape index (κ3) is 3.43. The largest absolute Gasteiger partial charge is 0.488 e. The lowest BCUT2D eigenvalue weighted by atomic mass is 10.1. The summed E-state index contributed by atoms with van der Waals surface area (Å²) in [5, 5.41) is 4.38. The van der Waals surface area contributed by atoms with Gasteiger partial charge >= 0.3 is 0 Å². The Kier molecular flexibility index (Phi) is 4.61. The van der Waals surface area contributed by atoms with Crippen LogP contribution in [0.25, 0.3) is 10.9 Å². The van der Waals surface area contributed by atoms with Crippen molar-refractivity contribution in [3.63, 3.8) is 0 Å². The van der Waals surface area contributed by atoms with E-state index < -0.39 is 0 Å². The van der Waals surface area contributed by atoms with Crippen LogP contribution in [0.5, 0.6) is 5.75 Å². The molecule has 5 heteroatoms. The first-order valence-electron chi connectivity index (χ1n) is 9.23. The Labute approximate surface area is 153 Å². The van der Waals surface area contributed by atoms with Crippen molar-refractivity contribution in [3.8, 4) is 5.75 Å². The van der Waals surface area contributed by atoms with E-state index in [4.69, 9.17) is 10.5 Å². The Bertz CT molecular complexity index is 891. The van der Waals surface area contributed by atoms with E-state index in [-0.39, 0.29) is 12.1 Å². The van der Waals surface area contributed by atoms with Gasteiger partial charge in [0.25, 0.3) is 0 Å². The van der Waals surface area contributed by atoms with Crippen LogP contribution in [0, 0.1) is 0 Å². The molecule has 1 saturated carbocycles. The van der Waals surface area contributed by atoms with E-state index in [0.29, 0.717) is 5.69 Å². The van der Waals surface area contributed by atoms with Crippen molar-refractivity contribution in [1.82, 2.24) is 9.97 Å². The number of fused-ring (bicyclic) bond motifs is 1. The Hall–Kier alpha value is -2.82. The van der Waals surface area contributed by atoms with Crippen LogP contribution in [-0.2, 0) is 0 Å². The number of hydrogen-bond acceptors (Lipinski definition) is 5. The maximum atomic E-state index is 6.27. The minimum atomic E-state index is 0.130. The number of anilines is 2. The molecule has 1 heterocycles. The SMILES string of the molecule is CC(Nc1ncnc2cc(OC3CCCC3)c(N)cc12)c1ccccc1. The van der Waals surface area contributed by atoms with Crippen LogP contribution in [0.2, 0.25) is 0 Å². The van der Waals surface area contributed by atoms with Gasteiger partial charge in [-0.05, 0) is 44.2 Å². The first-order chi connectivity index (χ1) is 12.7. The molecule has 5 nitrogen and oxygen atoms in total. The van der Waals surface area contributed by atoms with Gasteiger partial charge in [0.2, 0.25) is 0 Å². The number of nitrogen functional groups attached to an aromatic ring is 1. The number of benzene rings is 2. The zero-order valence-electron chi connectivity index (χ0n) is 15.0. The first-order valence-corrected chi connectivity index (χ1v) is 9.23. The average Bonchev–Trinajstić information content (AvgIpc) is 3.17. The maximum absolute atomic E-state index is 6.27. The second-order valence-corrected chi connectivity index (χ2v) is 6.93. The maximum Gasteiger partial charge on any atom is 0.144 e. The van der Waals surface area contributed by atoms with E-state index in [1.807, 2.05) is 30.3 Å².